The first-order valence-electron chi connectivity index (χ1n) is 9.18. The van der Waals surface area contributed by atoms with Gasteiger partial charge in [-0.05, 0) is 18.6 Å². The quantitative estimate of drug-likeness (QED) is 0.626. The number of halogens is 3. The normalized spacial score (nSPS) is 20.4. The number of hydrogen-bond acceptors (Lipinski definition) is 9. The Labute approximate surface area is 172 Å². The molecule has 2 unspecified atom stereocenters. The molecular weight excluding hydrogens is 417 g/mol. The molecule has 5 rings (SSSR count). The van der Waals surface area contributed by atoms with Crippen LogP contribution in [0.1, 0.15) is 29.0 Å². The molecule has 160 valence electrons. The maximum Gasteiger partial charge on any atom is 0.455 e. The molecule has 13 heteroatoms. The van der Waals surface area contributed by atoms with E-state index in [9.17, 15) is 13.2 Å². The molecule has 31 heavy (non-hydrogen) atoms. The lowest BCUT2D eigenvalue weighted by Gasteiger charge is -2.28. The van der Waals surface area contributed by atoms with Crippen molar-refractivity contribution in [1.29, 1.82) is 0 Å². The van der Waals surface area contributed by atoms with Gasteiger partial charge in [0.2, 0.25) is 11.8 Å². The summed E-state index contributed by atoms with van der Waals surface area (Å²) in [5, 5.41) is 8.98. The molecule has 0 saturated heterocycles. The van der Waals surface area contributed by atoms with Crippen LogP contribution in [0.15, 0.2) is 39.2 Å². The number of rotatable bonds is 3. The number of aromatic nitrogens is 5. The zero-order valence-electron chi connectivity index (χ0n) is 16.3. The molecule has 2 aliphatic rings. The molecule has 0 amide bonds. The van der Waals surface area contributed by atoms with E-state index in [1.54, 1.807) is 29.8 Å². The molecular formula is C18H15F3N8O2. The number of aliphatic imine (C=N–C) groups is 1. The van der Waals surface area contributed by atoms with Crippen molar-refractivity contribution in [2.75, 3.05) is 7.11 Å². The van der Waals surface area contributed by atoms with Crippen LogP contribution in [0.5, 0.6) is 0 Å². The Morgan fingerprint density at radius 3 is 2.84 bits per heavy atom. The summed E-state index contributed by atoms with van der Waals surface area (Å²) in [5.74, 6) is -0.569. The second-order valence-corrected chi connectivity index (χ2v) is 6.96. The molecule has 0 bridgehead atoms. The molecule has 2 aliphatic heterocycles. The number of hydrogen-bond donors (Lipinski definition) is 0. The van der Waals surface area contributed by atoms with Crippen molar-refractivity contribution in [3.63, 3.8) is 0 Å². The second-order valence-electron chi connectivity index (χ2n) is 6.96. The lowest BCUT2D eigenvalue weighted by atomic mass is 9.94. The molecule has 3 aromatic rings. The van der Waals surface area contributed by atoms with E-state index in [0.717, 1.165) is 5.56 Å². The van der Waals surface area contributed by atoms with Gasteiger partial charge in [0, 0.05) is 18.3 Å². The van der Waals surface area contributed by atoms with Crippen molar-refractivity contribution in [1.82, 2.24) is 29.7 Å². The average molecular weight is 432 g/mol. The van der Waals surface area contributed by atoms with Crippen LogP contribution in [0, 0.1) is 6.92 Å². The Morgan fingerprint density at radius 2 is 2.10 bits per heavy atom. The molecule has 2 atom stereocenters. The SMILES string of the molecule is COC1=NC=NN2C=CC(c3cnc4nc(C)n(Cc5nc(C(F)(F)F)no5)c4c3)C12. The van der Waals surface area contributed by atoms with Crippen LogP contribution in [0.3, 0.4) is 0 Å². The molecule has 0 aliphatic carbocycles. The van der Waals surface area contributed by atoms with E-state index in [1.165, 1.54) is 6.34 Å². The summed E-state index contributed by atoms with van der Waals surface area (Å²) in [6.07, 6.45) is 2.25. The number of ether oxygens (including phenoxy) is 1. The number of methoxy groups -OCH3 is 1. The average Bonchev–Trinajstić information content (AvgIpc) is 3.45. The van der Waals surface area contributed by atoms with E-state index in [0.29, 0.717) is 22.9 Å². The van der Waals surface area contributed by atoms with E-state index in [4.69, 9.17) is 9.26 Å². The lowest BCUT2D eigenvalue weighted by Crippen LogP contribution is -2.38. The van der Waals surface area contributed by atoms with Crippen LogP contribution >= 0.6 is 0 Å². The van der Waals surface area contributed by atoms with E-state index in [-0.39, 0.29) is 24.4 Å². The number of nitrogens with zero attached hydrogens (tertiary/aromatic N) is 8. The predicted molar refractivity (Wildman–Crippen MR) is 101 cm³/mol. The van der Waals surface area contributed by atoms with Crippen LogP contribution in [0.2, 0.25) is 0 Å². The molecule has 10 nitrogen and oxygen atoms in total. The molecule has 0 aromatic carbocycles. The van der Waals surface area contributed by atoms with Crippen molar-refractivity contribution in [3.8, 4) is 0 Å². The first kappa shape index (κ1) is 19.2. The zero-order valence-corrected chi connectivity index (χ0v) is 16.3. The van der Waals surface area contributed by atoms with Gasteiger partial charge in [-0.2, -0.15) is 23.3 Å². The summed E-state index contributed by atoms with van der Waals surface area (Å²) >= 11 is 0. The third-order valence-electron chi connectivity index (χ3n) is 5.12. The van der Waals surface area contributed by atoms with E-state index in [1.807, 2.05) is 18.3 Å². The van der Waals surface area contributed by atoms with Gasteiger partial charge in [0.15, 0.2) is 5.65 Å². The highest BCUT2D eigenvalue weighted by Crippen LogP contribution is 2.34. The number of alkyl halides is 3. The monoisotopic (exact) mass is 432 g/mol. The molecule has 0 fully saturated rings. The van der Waals surface area contributed by atoms with Crippen molar-refractivity contribution < 1.29 is 22.4 Å². The van der Waals surface area contributed by atoms with Gasteiger partial charge in [-0.1, -0.05) is 11.2 Å². The van der Waals surface area contributed by atoms with Crippen molar-refractivity contribution in [2.24, 2.45) is 10.1 Å². The molecule has 0 spiro atoms. The molecule has 0 radical (unpaired) electrons. The van der Waals surface area contributed by atoms with Gasteiger partial charge < -0.3 is 13.8 Å². The van der Waals surface area contributed by atoms with Crippen molar-refractivity contribution >= 4 is 23.4 Å². The molecule has 0 N–H and O–H groups in total. The molecule has 3 aromatic heterocycles. The van der Waals surface area contributed by atoms with Gasteiger partial charge in [0.25, 0.3) is 5.82 Å². The van der Waals surface area contributed by atoms with Crippen LogP contribution in [0.4, 0.5) is 13.2 Å². The fourth-order valence-electron chi connectivity index (χ4n) is 3.69. The predicted octanol–water partition coefficient (Wildman–Crippen LogP) is 2.47. The minimum absolute atomic E-state index is 0.0678. The smallest absolute Gasteiger partial charge is 0.455 e. The Balaban J connectivity index is 1.50. The summed E-state index contributed by atoms with van der Waals surface area (Å²) in [4.78, 5) is 16.4. The highest BCUT2D eigenvalue weighted by Gasteiger charge is 2.38. The number of hydrazone groups is 1. The fourth-order valence-corrected chi connectivity index (χ4v) is 3.69. The summed E-state index contributed by atoms with van der Waals surface area (Å²) in [7, 11) is 1.55. The van der Waals surface area contributed by atoms with Crippen LogP contribution in [0.25, 0.3) is 11.2 Å². The van der Waals surface area contributed by atoms with Gasteiger partial charge in [-0.3, -0.25) is 5.01 Å². The zero-order chi connectivity index (χ0) is 21.8. The third-order valence-corrected chi connectivity index (χ3v) is 5.12. The van der Waals surface area contributed by atoms with Crippen LogP contribution in [-0.2, 0) is 17.5 Å². The van der Waals surface area contributed by atoms with Gasteiger partial charge >= 0.3 is 6.18 Å². The molecule has 5 heterocycles. The Morgan fingerprint density at radius 1 is 1.26 bits per heavy atom. The Bertz CT molecular complexity index is 1240. The maximum absolute atomic E-state index is 12.8. The number of pyridine rings is 1. The highest BCUT2D eigenvalue weighted by atomic mass is 19.4. The first-order chi connectivity index (χ1) is 14.8. The summed E-state index contributed by atoms with van der Waals surface area (Å²) in [6.45, 7) is 1.66. The second kappa shape index (κ2) is 6.89. The maximum atomic E-state index is 12.8. The van der Waals surface area contributed by atoms with E-state index >= 15 is 0 Å². The van der Waals surface area contributed by atoms with Crippen molar-refractivity contribution in [2.45, 2.75) is 31.6 Å². The van der Waals surface area contributed by atoms with Gasteiger partial charge in [-0.15, -0.1) is 0 Å². The third kappa shape index (κ3) is 3.21. The van der Waals surface area contributed by atoms with Gasteiger partial charge in [0.05, 0.1) is 12.6 Å². The minimum Gasteiger partial charge on any atom is -0.482 e. The number of imidazole rings is 1. The van der Waals surface area contributed by atoms with Crippen molar-refractivity contribution in [3.05, 3.63) is 47.6 Å². The Kier molecular flexibility index (Phi) is 4.27. The first-order valence-corrected chi connectivity index (χ1v) is 9.18. The molecule has 0 saturated carbocycles. The standard InChI is InChI=1S/C18H15F3N8O2/c1-9-25-15-12(28(9)7-13-26-17(27-31-13)18(19,20)21)5-10(6-22-15)11-3-4-29-14(11)16(30-2)23-8-24-29/h3-6,8,11,14H,7H2,1-2H3. The summed E-state index contributed by atoms with van der Waals surface area (Å²) in [5.41, 5.74) is 1.93. The summed E-state index contributed by atoms with van der Waals surface area (Å²) < 4.78 is 50.2. The number of aryl methyl sites for hydroxylation is 1. The van der Waals surface area contributed by atoms with E-state index < -0.39 is 12.0 Å². The fraction of sp³-hybridized carbons (Fsp3) is 0.333. The van der Waals surface area contributed by atoms with E-state index in [2.05, 4.69) is 30.2 Å². The minimum atomic E-state index is -4.67. The lowest BCUT2D eigenvalue weighted by molar-refractivity contribution is -0.146. The summed E-state index contributed by atoms with van der Waals surface area (Å²) in [6, 6.07) is 1.63. The topological polar surface area (TPSA) is 107 Å². The largest absolute Gasteiger partial charge is 0.482 e. The Hall–Kier alpha value is -3.77. The number of fused-ring (bicyclic) bond motifs is 2. The van der Waals surface area contributed by atoms with Gasteiger partial charge in [0.1, 0.15) is 24.7 Å². The van der Waals surface area contributed by atoms with Crippen LogP contribution in [-0.4, -0.2) is 55.1 Å². The highest BCUT2D eigenvalue weighted by molar-refractivity contribution is 5.91. The van der Waals surface area contributed by atoms with Crippen LogP contribution < -0.4 is 0 Å². The van der Waals surface area contributed by atoms with Gasteiger partial charge in [-0.25, -0.2) is 15.0 Å².